The van der Waals surface area contributed by atoms with Crippen molar-refractivity contribution in [1.29, 1.82) is 0 Å². The lowest BCUT2D eigenvalue weighted by Crippen LogP contribution is -2.53. The van der Waals surface area contributed by atoms with Gasteiger partial charge in [0.05, 0.1) is 6.61 Å². The van der Waals surface area contributed by atoms with E-state index in [1.165, 1.54) is 4.90 Å². The zero-order chi connectivity index (χ0) is 19.3. The molecule has 1 saturated heterocycles. The zero-order valence-electron chi connectivity index (χ0n) is 15.4. The van der Waals surface area contributed by atoms with Crippen LogP contribution in [-0.4, -0.2) is 53.0 Å². The van der Waals surface area contributed by atoms with Crippen LogP contribution in [0.5, 0.6) is 5.75 Å². The molecular formula is C19H26N2O5. The summed E-state index contributed by atoms with van der Waals surface area (Å²) in [6.07, 6.45) is 1.10. The molecule has 1 aliphatic rings. The minimum absolute atomic E-state index is 0.163. The maximum Gasteiger partial charge on any atom is 0.326 e. The number of benzene rings is 1. The van der Waals surface area contributed by atoms with Gasteiger partial charge in [0.1, 0.15) is 17.8 Å². The van der Waals surface area contributed by atoms with E-state index in [-0.39, 0.29) is 17.7 Å². The van der Waals surface area contributed by atoms with Crippen molar-refractivity contribution in [2.24, 2.45) is 5.92 Å². The second kappa shape index (κ2) is 8.69. The number of hydrogen-bond donors (Lipinski definition) is 2. The van der Waals surface area contributed by atoms with E-state index < -0.39 is 18.1 Å². The Morgan fingerprint density at radius 2 is 1.92 bits per heavy atom. The van der Waals surface area contributed by atoms with Crippen LogP contribution in [0.4, 0.5) is 0 Å². The van der Waals surface area contributed by atoms with Crippen LogP contribution in [-0.2, 0) is 9.59 Å². The summed E-state index contributed by atoms with van der Waals surface area (Å²) in [6, 6.07) is 5.09. The highest BCUT2D eigenvalue weighted by molar-refractivity contribution is 5.98. The monoisotopic (exact) mass is 362 g/mol. The number of carbonyl (C=O) groups excluding carboxylic acids is 2. The van der Waals surface area contributed by atoms with Crippen LogP contribution in [0.3, 0.4) is 0 Å². The van der Waals surface area contributed by atoms with Crippen LogP contribution in [0, 0.1) is 5.92 Å². The van der Waals surface area contributed by atoms with Gasteiger partial charge in [-0.05, 0) is 49.9 Å². The lowest BCUT2D eigenvalue weighted by molar-refractivity contribution is -0.149. The van der Waals surface area contributed by atoms with Crippen LogP contribution in [0.1, 0.15) is 44.0 Å². The van der Waals surface area contributed by atoms with E-state index in [9.17, 15) is 19.5 Å². The Bertz CT molecular complexity index is 656. The number of rotatable bonds is 7. The van der Waals surface area contributed by atoms with E-state index in [1.54, 1.807) is 24.3 Å². The number of nitrogens with one attached hydrogen (secondary N) is 1. The van der Waals surface area contributed by atoms with E-state index in [0.29, 0.717) is 37.3 Å². The third kappa shape index (κ3) is 4.53. The fourth-order valence-electron chi connectivity index (χ4n) is 3.07. The highest BCUT2D eigenvalue weighted by atomic mass is 16.5. The van der Waals surface area contributed by atoms with Crippen LogP contribution in [0.15, 0.2) is 24.3 Å². The van der Waals surface area contributed by atoms with Crippen LogP contribution < -0.4 is 10.1 Å². The number of carboxylic acids is 1. The lowest BCUT2D eigenvalue weighted by atomic mass is 10.0. The molecule has 7 nitrogen and oxygen atoms in total. The Hall–Kier alpha value is -2.57. The van der Waals surface area contributed by atoms with Crippen molar-refractivity contribution in [1.82, 2.24) is 10.2 Å². The average molecular weight is 362 g/mol. The molecule has 2 atom stereocenters. The molecule has 1 aromatic carbocycles. The number of aliphatic carboxylic acids is 1. The zero-order valence-corrected chi connectivity index (χ0v) is 15.4. The normalized spacial score (nSPS) is 17.8. The molecule has 2 N–H and O–H groups in total. The highest BCUT2D eigenvalue weighted by Crippen LogP contribution is 2.21. The standard InChI is InChI=1S/C19H26N2O5/c1-4-26-14-9-7-13(8-10-14)17(22)20-16(12(2)3)18(23)21-11-5-6-15(21)19(24)25/h7-10,12,15-16H,4-6,11H2,1-3H3,(H,20,22)(H,24,25). The number of carbonyl (C=O) groups is 3. The van der Waals surface area contributed by atoms with Crippen molar-refractivity contribution >= 4 is 17.8 Å². The van der Waals surface area contributed by atoms with Gasteiger partial charge in [0, 0.05) is 12.1 Å². The largest absolute Gasteiger partial charge is 0.494 e. The SMILES string of the molecule is CCOc1ccc(C(=O)NC(C(=O)N2CCCC2C(=O)O)C(C)C)cc1. The second-order valence-corrected chi connectivity index (χ2v) is 6.68. The van der Waals surface area contributed by atoms with Crippen molar-refractivity contribution in [3.05, 3.63) is 29.8 Å². The van der Waals surface area contributed by atoms with Crippen LogP contribution in [0.25, 0.3) is 0 Å². The molecule has 0 aliphatic carbocycles. The van der Waals surface area contributed by atoms with Crippen molar-refractivity contribution < 1.29 is 24.2 Å². The van der Waals surface area contributed by atoms with Gasteiger partial charge in [-0.15, -0.1) is 0 Å². The topological polar surface area (TPSA) is 95.9 Å². The quantitative estimate of drug-likeness (QED) is 0.772. The predicted molar refractivity (Wildman–Crippen MR) is 96.1 cm³/mol. The van der Waals surface area contributed by atoms with Gasteiger partial charge in [-0.2, -0.15) is 0 Å². The third-order valence-corrected chi connectivity index (χ3v) is 4.47. The summed E-state index contributed by atoms with van der Waals surface area (Å²) in [7, 11) is 0. The van der Waals surface area contributed by atoms with E-state index >= 15 is 0 Å². The number of amides is 2. The molecule has 7 heteroatoms. The molecule has 142 valence electrons. The smallest absolute Gasteiger partial charge is 0.326 e. The Morgan fingerprint density at radius 1 is 1.27 bits per heavy atom. The average Bonchev–Trinajstić information content (AvgIpc) is 3.09. The number of carboxylic acid groups (broad SMARTS) is 1. The molecule has 0 radical (unpaired) electrons. The summed E-state index contributed by atoms with van der Waals surface area (Å²) in [5.74, 6) is -1.21. The molecule has 1 aromatic rings. The Morgan fingerprint density at radius 3 is 2.46 bits per heavy atom. The van der Waals surface area contributed by atoms with Gasteiger partial charge in [0.25, 0.3) is 5.91 Å². The molecule has 2 unspecified atom stereocenters. The van der Waals surface area contributed by atoms with Gasteiger partial charge in [-0.1, -0.05) is 13.8 Å². The van der Waals surface area contributed by atoms with E-state index in [4.69, 9.17) is 4.74 Å². The predicted octanol–water partition coefficient (Wildman–Crippen LogP) is 1.92. The first-order valence-corrected chi connectivity index (χ1v) is 8.92. The van der Waals surface area contributed by atoms with Crippen molar-refractivity contribution in [2.45, 2.75) is 45.7 Å². The first-order valence-electron chi connectivity index (χ1n) is 8.92. The Labute approximate surface area is 153 Å². The molecular weight excluding hydrogens is 336 g/mol. The minimum atomic E-state index is -1.00. The fourth-order valence-corrected chi connectivity index (χ4v) is 3.07. The van der Waals surface area contributed by atoms with Crippen molar-refractivity contribution in [3.63, 3.8) is 0 Å². The van der Waals surface area contributed by atoms with Crippen molar-refractivity contribution in [3.8, 4) is 5.75 Å². The molecule has 0 saturated carbocycles. The van der Waals surface area contributed by atoms with Gasteiger partial charge in [0.2, 0.25) is 5.91 Å². The maximum absolute atomic E-state index is 12.8. The summed E-state index contributed by atoms with van der Waals surface area (Å²) in [5, 5.41) is 12.0. The van der Waals surface area contributed by atoms with E-state index in [1.807, 2.05) is 20.8 Å². The summed E-state index contributed by atoms with van der Waals surface area (Å²) >= 11 is 0. The van der Waals surface area contributed by atoms with E-state index in [0.717, 1.165) is 0 Å². The van der Waals surface area contributed by atoms with Crippen LogP contribution in [0.2, 0.25) is 0 Å². The number of nitrogens with zero attached hydrogens (tertiary/aromatic N) is 1. The fraction of sp³-hybridized carbons (Fsp3) is 0.526. The molecule has 26 heavy (non-hydrogen) atoms. The summed E-state index contributed by atoms with van der Waals surface area (Å²) < 4.78 is 5.35. The van der Waals surface area contributed by atoms with Gasteiger partial charge < -0.3 is 20.1 Å². The number of ether oxygens (including phenoxy) is 1. The molecule has 2 rings (SSSR count). The first kappa shape index (κ1) is 19.8. The van der Waals surface area contributed by atoms with Gasteiger partial charge in [-0.25, -0.2) is 4.79 Å². The lowest BCUT2D eigenvalue weighted by Gasteiger charge is -2.29. The molecule has 0 bridgehead atoms. The molecule has 0 aromatic heterocycles. The third-order valence-electron chi connectivity index (χ3n) is 4.47. The molecule has 2 amide bonds. The van der Waals surface area contributed by atoms with E-state index in [2.05, 4.69) is 5.32 Å². The van der Waals surface area contributed by atoms with Gasteiger partial charge in [-0.3, -0.25) is 9.59 Å². The number of likely N-dealkylation sites (tertiary alicyclic amines) is 1. The Balaban J connectivity index is 2.10. The van der Waals surface area contributed by atoms with Gasteiger partial charge in [0.15, 0.2) is 0 Å². The summed E-state index contributed by atoms with van der Waals surface area (Å²) in [5.41, 5.74) is 0.420. The molecule has 0 spiro atoms. The van der Waals surface area contributed by atoms with Crippen LogP contribution >= 0.6 is 0 Å². The second-order valence-electron chi connectivity index (χ2n) is 6.68. The molecule has 1 heterocycles. The maximum atomic E-state index is 12.8. The molecule has 1 aliphatic heterocycles. The van der Waals surface area contributed by atoms with Crippen molar-refractivity contribution in [2.75, 3.05) is 13.2 Å². The molecule has 1 fully saturated rings. The highest BCUT2D eigenvalue weighted by Gasteiger charge is 2.38. The summed E-state index contributed by atoms with van der Waals surface area (Å²) in [4.78, 5) is 38.1. The Kier molecular flexibility index (Phi) is 6.60. The first-order chi connectivity index (χ1) is 12.3. The number of hydrogen-bond acceptors (Lipinski definition) is 4. The minimum Gasteiger partial charge on any atom is -0.494 e. The summed E-state index contributed by atoms with van der Waals surface area (Å²) in [6.45, 7) is 6.47. The van der Waals surface area contributed by atoms with Gasteiger partial charge >= 0.3 is 5.97 Å².